The van der Waals surface area contributed by atoms with Crippen LogP contribution in [0.15, 0.2) is 40.7 Å². The second kappa shape index (κ2) is 6.19. The molecule has 8 heteroatoms. The normalized spacial score (nSPS) is 23.9. The van der Waals surface area contributed by atoms with Crippen molar-refractivity contribution in [3.8, 4) is 0 Å². The molecule has 1 amide bonds. The van der Waals surface area contributed by atoms with Crippen molar-refractivity contribution >= 4 is 35.8 Å². The van der Waals surface area contributed by atoms with Crippen LogP contribution in [0.5, 0.6) is 0 Å². The summed E-state index contributed by atoms with van der Waals surface area (Å²) in [5, 5.41) is 1.84. The maximum atomic E-state index is 13.5. The minimum atomic E-state index is -2.94. The molecule has 2 radical (unpaired) electrons. The molecule has 26 heavy (non-hydrogen) atoms. The Bertz CT molecular complexity index is 875. The summed E-state index contributed by atoms with van der Waals surface area (Å²) in [5.74, 6) is -3.79. The van der Waals surface area contributed by atoms with Crippen molar-refractivity contribution < 1.29 is 13.6 Å². The number of nitrogens with zero attached hydrogens (tertiary/aromatic N) is 2. The molecule has 0 saturated heterocycles. The number of nitrogens with two attached hydrogens (primary N) is 1. The van der Waals surface area contributed by atoms with Gasteiger partial charge in [0.2, 0.25) is 5.91 Å². The van der Waals surface area contributed by atoms with E-state index in [2.05, 4.69) is 4.99 Å². The number of aliphatic imine (C=N–C) groups is 1. The summed E-state index contributed by atoms with van der Waals surface area (Å²) < 4.78 is 27.6. The van der Waals surface area contributed by atoms with Gasteiger partial charge in [0, 0.05) is 19.5 Å². The zero-order chi connectivity index (χ0) is 19.3. The minimum Gasteiger partial charge on any atom is -0.369 e. The van der Waals surface area contributed by atoms with Crippen LogP contribution in [0.4, 0.5) is 8.78 Å². The number of rotatable bonds is 3. The summed E-state index contributed by atoms with van der Waals surface area (Å²) in [7, 11) is 7.40. The molecule has 2 aromatic rings. The first-order chi connectivity index (χ1) is 12.0. The van der Waals surface area contributed by atoms with Crippen molar-refractivity contribution in [1.29, 1.82) is 0 Å². The number of carbonyl (C=O) groups excluding carboxylic acids is 1. The summed E-state index contributed by atoms with van der Waals surface area (Å²) in [6.07, 6.45) is 0. The van der Waals surface area contributed by atoms with Crippen LogP contribution >= 0.6 is 11.3 Å². The third kappa shape index (κ3) is 3.02. The zero-order valence-corrected chi connectivity index (χ0v) is 15.5. The molecule has 4 nitrogen and oxygen atoms in total. The number of carbonyl (C=O) groups is 1. The van der Waals surface area contributed by atoms with Crippen LogP contribution in [0.1, 0.15) is 36.5 Å². The maximum Gasteiger partial charge on any atom is 0.270 e. The first-order valence-corrected chi connectivity index (χ1v) is 8.87. The Hall–Kier alpha value is -2.22. The van der Waals surface area contributed by atoms with Crippen LogP contribution in [0, 0.1) is 0 Å². The monoisotopic (exact) mass is 373 g/mol. The van der Waals surface area contributed by atoms with Gasteiger partial charge in [-0.3, -0.25) is 9.69 Å². The standard InChI is InChI=1S/C18H18BF2N3OS/c1-17(12-8-13(19)26-9-12)14(15(25)24(3)16(22)23-17)10-4-6-11(7-5-10)18(2,20)21/h4-9,14H,1-3H3,(H2,22,23)/t14-,17-/m1/s1. The molecule has 134 valence electrons. The molecule has 1 aromatic heterocycles. The number of guanidine groups is 1. The molecule has 0 unspecified atom stereocenters. The van der Waals surface area contributed by atoms with Crippen molar-refractivity contribution in [2.45, 2.75) is 31.2 Å². The van der Waals surface area contributed by atoms with Crippen LogP contribution < -0.4 is 10.5 Å². The number of likely N-dealkylation sites (N-methyl/N-ethyl adjacent to an activating group) is 1. The van der Waals surface area contributed by atoms with Gasteiger partial charge in [-0.1, -0.05) is 30.3 Å². The van der Waals surface area contributed by atoms with E-state index in [4.69, 9.17) is 13.6 Å². The third-order valence-corrected chi connectivity index (χ3v) is 5.55. The molecule has 1 aromatic carbocycles. The SMILES string of the molecule is [B]c1cc([C@@]2(C)N=C(N)N(C)C(=O)[C@H]2c2ccc(C(C)(F)F)cc2)cs1. The molecular formula is C18H18BF2N3OS. The highest BCUT2D eigenvalue weighted by atomic mass is 32.1. The number of hydrogen-bond acceptors (Lipinski definition) is 4. The number of hydrogen-bond donors (Lipinski definition) is 1. The summed E-state index contributed by atoms with van der Waals surface area (Å²) in [6.45, 7) is 2.64. The smallest absolute Gasteiger partial charge is 0.270 e. The number of amides is 1. The summed E-state index contributed by atoms with van der Waals surface area (Å²) >= 11 is 1.35. The van der Waals surface area contributed by atoms with Gasteiger partial charge in [-0.2, -0.15) is 11.3 Å². The Labute approximate surface area is 156 Å². The van der Waals surface area contributed by atoms with Gasteiger partial charge in [-0.25, -0.2) is 13.8 Å². The topological polar surface area (TPSA) is 58.7 Å². The highest BCUT2D eigenvalue weighted by molar-refractivity contribution is 7.18. The van der Waals surface area contributed by atoms with E-state index >= 15 is 0 Å². The van der Waals surface area contributed by atoms with Gasteiger partial charge < -0.3 is 5.73 Å². The lowest BCUT2D eigenvalue weighted by molar-refractivity contribution is -0.130. The van der Waals surface area contributed by atoms with Crippen molar-refractivity contribution in [2.24, 2.45) is 10.7 Å². The molecule has 0 spiro atoms. The molecule has 0 aliphatic carbocycles. The fourth-order valence-corrected chi connectivity index (χ4v) is 3.97. The van der Waals surface area contributed by atoms with Crippen molar-refractivity contribution in [3.05, 3.63) is 52.4 Å². The highest BCUT2D eigenvalue weighted by Gasteiger charge is 2.47. The predicted octanol–water partition coefficient (Wildman–Crippen LogP) is 2.44. The largest absolute Gasteiger partial charge is 0.369 e. The van der Waals surface area contributed by atoms with Gasteiger partial charge >= 0.3 is 0 Å². The van der Waals surface area contributed by atoms with Crippen molar-refractivity contribution in [1.82, 2.24) is 4.90 Å². The maximum absolute atomic E-state index is 13.5. The average molecular weight is 373 g/mol. The van der Waals surface area contributed by atoms with Crippen molar-refractivity contribution in [3.63, 3.8) is 0 Å². The molecule has 1 aliphatic rings. The second-order valence-electron chi connectivity index (χ2n) is 6.70. The van der Waals surface area contributed by atoms with Crippen LogP contribution in [-0.4, -0.2) is 31.7 Å². The molecule has 0 bridgehead atoms. The van der Waals surface area contributed by atoms with Crippen LogP contribution in [0.3, 0.4) is 0 Å². The van der Waals surface area contributed by atoms with Crippen LogP contribution in [0.25, 0.3) is 0 Å². The lowest BCUT2D eigenvalue weighted by Gasteiger charge is -2.40. The van der Waals surface area contributed by atoms with Crippen LogP contribution in [0.2, 0.25) is 0 Å². The molecule has 0 fully saturated rings. The highest BCUT2D eigenvalue weighted by Crippen LogP contribution is 2.44. The van der Waals surface area contributed by atoms with Gasteiger partial charge in [-0.15, -0.1) is 0 Å². The Morgan fingerprint density at radius 3 is 2.46 bits per heavy atom. The quantitative estimate of drug-likeness (QED) is 0.841. The average Bonchev–Trinajstić information content (AvgIpc) is 3.00. The van der Waals surface area contributed by atoms with Crippen LogP contribution in [-0.2, 0) is 16.3 Å². The molecular weight excluding hydrogens is 355 g/mol. The van der Waals surface area contributed by atoms with Gasteiger partial charge in [0.05, 0.1) is 5.92 Å². The first kappa shape index (κ1) is 18.6. The van der Waals surface area contributed by atoms with Crippen molar-refractivity contribution in [2.75, 3.05) is 7.05 Å². The third-order valence-electron chi connectivity index (χ3n) is 4.79. The molecule has 2 N–H and O–H groups in total. The fourth-order valence-electron chi connectivity index (χ4n) is 3.21. The predicted molar refractivity (Wildman–Crippen MR) is 100 cm³/mol. The molecule has 2 heterocycles. The second-order valence-corrected chi connectivity index (χ2v) is 7.64. The van der Waals surface area contributed by atoms with E-state index in [9.17, 15) is 13.6 Å². The molecule has 2 atom stereocenters. The molecule has 1 aliphatic heterocycles. The lowest BCUT2D eigenvalue weighted by atomic mass is 9.74. The fraction of sp³-hybridized carbons (Fsp3) is 0.333. The van der Waals surface area contributed by atoms with E-state index in [1.54, 1.807) is 32.2 Å². The number of halogens is 2. The lowest BCUT2D eigenvalue weighted by Crippen LogP contribution is -2.52. The number of alkyl halides is 2. The van der Waals surface area contributed by atoms with Gasteiger partial charge in [0.1, 0.15) is 13.4 Å². The van der Waals surface area contributed by atoms with E-state index in [1.807, 2.05) is 5.38 Å². The van der Waals surface area contributed by atoms with E-state index in [1.165, 1.54) is 28.4 Å². The minimum absolute atomic E-state index is 0.107. The summed E-state index contributed by atoms with van der Waals surface area (Å²) in [6, 6.07) is 7.54. The van der Waals surface area contributed by atoms with Gasteiger partial charge in [-0.05, 0) is 28.2 Å². The zero-order valence-electron chi connectivity index (χ0n) is 14.7. The molecule has 0 saturated carbocycles. The first-order valence-electron chi connectivity index (χ1n) is 7.99. The number of benzene rings is 1. The summed E-state index contributed by atoms with van der Waals surface area (Å²) in [5.41, 5.74) is 6.21. The van der Waals surface area contributed by atoms with Gasteiger partial charge in [0.15, 0.2) is 5.96 Å². The van der Waals surface area contributed by atoms with Gasteiger partial charge in [0.25, 0.3) is 5.92 Å². The Kier molecular flexibility index (Phi) is 4.42. The Morgan fingerprint density at radius 2 is 1.96 bits per heavy atom. The van der Waals surface area contributed by atoms with E-state index < -0.39 is 17.4 Å². The van der Waals surface area contributed by atoms with E-state index in [-0.39, 0.29) is 17.4 Å². The molecule has 3 rings (SSSR count). The Morgan fingerprint density at radius 1 is 1.35 bits per heavy atom. The van der Waals surface area contributed by atoms with E-state index in [0.717, 1.165) is 12.5 Å². The summed E-state index contributed by atoms with van der Waals surface area (Å²) in [4.78, 5) is 18.8. The Balaban J connectivity index is 2.14. The number of thiophene rings is 1. The van der Waals surface area contributed by atoms with E-state index in [0.29, 0.717) is 10.3 Å².